The summed E-state index contributed by atoms with van der Waals surface area (Å²) in [6, 6.07) is 1.99. The second kappa shape index (κ2) is 7.62. The van der Waals surface area contributed by atoms with Gasteiger partial charge in [-0.2, -0.15) is 0 Å². The monoisotopic (exact) mass is 253 g/mol. The molecule has 0 aliphatic carbocycles. The molecule has 1 rings (SSSR count). The van der Waals surface area contributed by atoms with Gasteiger partial charge in [-0.1, -0.05) is 19.8 Å². The molecule has 0 radical (unpaired) electrons. The molecule has 2 nitrogen and oxygen atoms in total. The number of nitrogens with two attached hydrogens (primary N) is 1. The summed E-state index contributed by atoms with van der Waals surface area (Å²) < 4.78 is 0. The SMILES string of the molecule is CCCC(CCN)CCC(=O)c1csc(C)c1. The van der Waals surface area contributed by atoms with Crippen LogP contribution in [-0.4, -0.2) is 12.3 Å². The van der Waals surface area contributed by atoms with E-state index in [1.807, 2.05) is 18.4 Å². The molecule has 1 aromatic heterocycles. The van der Waals surface area contributed by atoms with E-state index >= 15 is 0 Å². The first-order chi connectivity index (χ1) is 8.17. The van der Waals surface area contributed by atoms with Crippen molar-refractivity contribution in [1.29, 1.82) is 0 Å². The van der Waals surface area contributed by atoms with Gasteiger partial charge >= 0.3 is 0 Å². The Labute approximate surface area is 108 Å². The van der Waals surface area contributed by atoms with E-state index in [4.69, 9.17) is 5.73 Å². The Morgan fingerprint density at radius 1 is 1.41 bits per heavy atom. The van der Waals surface area contributed by atoms with Gasteiger partial charge in [-0.05, 0) is 38.3 Å². The lowest BCUT2D eigenvalue weighted by Crippen LogP contribution is -2.10. The molecule has 2 N–H and O–H groups in total. The van der Waals surface area contributed by atoms with E-state index in [0.29, 0.717) is 12.3 Å². The molecule has 0 spiro atoms. The van der Waals surface area contributed by atoms with Gasteiger partial charge in [-0.15, -0.1) is 11.3 Å². The summed E-state index contributed by atoms with van der Waals surface area (Å²) in [5.74, 6) is 0.904. The molecule has 0 fully saturated rings. The minimum Gasteiger partial charge on any atom is -0.330 e. The minimum absolute atomic E-state index is 0.285. The Kier molecular flexibility index (Phi) is 6.45. The number of aryl methyl sites for hydroxylation is 1. The van der Waals surface area contributed by atoms with Crippen LogP contribution in [0.25, 0.3) is 0 Å². The summed E-state index contributed by atoms with van der Waals surface area (Å²) >= 11 is 1.65. The van der Waals surface area contributed by atoms with Crippen LogP contribution in [0.3, 0.4) is 0 Å². The van der Waals surface area contributed by atoms with Crippen molar-refractivity contribution in [2.24, 2.45) is 11.7 Å². The van der Waals surface area contributed by atoms with Crippen molar-refractivity contribution in [2.45, 2.75) is 46.0 Å². The van der Waals surface area contributed by atoms with Gasteiger partial charge in [0.25, 0.3) is 0 Å². The number of Topliss-reactive ketones (excluding diaryl/α,β-unsaturated/α-hetero) is 1. The lowest BCUT2D eigenvalue weighted by molar-refractivity contribution is 0.0972. The van der Waals surface area contributed by atoms with Crippen molar-refractivity contribution in [3.63, 3.8) is 0 Å². The van der Waals surface area contributed by atoms with Crippen LogP contribution < -0.4 is 5.73 Å². The van der Waals surface area contributed by atoms with E-state index in [2.05, 4.69) is 6.92 Å². The Hall–Kier alpha value is -0.670. The van der Waals surface area contributed by atoms with Gasteiger partial charge in [0.1, 0.15) is 0 Å². The molecule has 0 aliphatic heterocycles. The summed E-state index contributed by atoms with van der Waals surface area (Å²) in [4.78, 5) is 13.2. The predicted molar refractivity (Wildman–Crippen MR) is 74.7 cm³/mol. The van der Waals surface area contributed by atoms with Gasteiger partial charge < -0.3 is 5.73 Å². The van der Waals surface area contributed by atoms with E-state index in [1.54, 1.807) is 11.3 Å². The van der Waals surface area contributed by atoms with E-state index in [9.17, 15) is 4.79 Å². The molecule has 1 heterocycles. The quantitative estimate of drug-likeness (QED) is 0.716. The van der Waals surface area contributed by atoms with Crippen LogP contribution in [0.2, 0.25) is 0 Å². The summed E-state index contributed by atoms with van der Waals surface area (Å²) in [6.45, 7) is 4.96. The number of ketones is 1. The van der Waals surface area contributed by atoms with Crippen molar-refractivity contribution >= 4 is 17.1 Å². The van der Waals surface area contributed by atoms with E-state index in [0.717, 1.165) is 24.9 Å². The Morgan fingerprint density at radius 2 is 2.18 bits per heavy atom. The highest BCUT2D eigenvalue weighted by Gasteiger charge is 2.12. The van der Waals surface area contributed by atoms with E-state index in [-0.39, 0.29) is 5.78 Å². The number of carbonyl (C=O) groups excluding carboxylic acids is 1. The fourth-order valence-electron chi connectivity index (χ4n) is 2.15. The molecule has 0 aromatic carbocycles. The third-order valence-electron chi connectivity index (χ3n) is 3.10. The molecule has 17 heavy (non-hydrogen) atoms. The van der Waals surface area contributed by atoms with Crippen molar-refractivity contribution in [3.05, 3.63) is 21.9 Å². The molecule has 0 bridgehead atoms. The lowest BCUT2D eigenvalue weighted by atomic mass is 9.92. The Balaban J connectivity index is 2.40. The third kappa shape index (κ3) is 5.00. The van der Waals surface area contributed by atoms with Gasteiger partial charge in [0, 0.05) is 22.2 Å². The van der Waals surface area contributed by atoms with Crippen LogP contribution in [0.15, 0.2) is 11.4 Å². The highest BCUT2D eigenvalue weighted by Crippen LogP contribution is 2.20. The molecule has 0 saturated carbocycles. The number of hydrogen-bond donors (Lipinski definition) is 1. The van der Waals surface area contributed by atoms with Crippen LogP contribution in [0.4, 0.5) is 0 Å². The van der Waals surface area contributed by atoms with Gasteiger partial charge in [0.2, 0.25) is 0 Å². The maximum absolute atomic E-state index is 11.9. The van der Waals surface area contributed by atoms with Gasteiger partial charge in [0.05, 0.1) is 0 Å². The lowest BCUT2D eigenvalue weighted by Gasteiger charge is -2.13. The van der Waals surface area contributed by atoms with Crippen molar-refractivity contribution < 1.29 is 4.79 Å². The van der Waals surface area contributed by atoms with Crippen molar-refractivity contribution in [3.8, 4) is 0 Å². The normalized spacial score (nSPS) is 12.6. The fourth-order valence-corrected chi connectivity index (χ4v) is 2.85. The highest BCUT2D eigenvalue weighted by atomic mass is 32.1. The smallest absolute Gasteiger partial charge is 0.163 e. The first kappa shape index (κ1) is 14.4. The summed E-state index contributed by atoms with van der Waals surface area (Å²) in [7, 11) is 0. The molecule has 1 atom stereocenters. The molecule has 0 aliphatic rings. The molecule has 1 aromatic rings. The fraction of sp³-hybridized carbons (Fsp3) is 0.643. The topological polar surface area (TPSA) is 43.1 Å². The molecule has 96 valence electrons. The van der Waals surface area contributed by atoms with Crippen LogP contribution in [0.5, 0.6) is 0 Å². The molecular formula is C14H23NOS. The largest absolute Gasteiger partial charge is 0.330 e. The van der Waals surface area contributed by atoms with Gasteiger partial charge in [0.15, 0.2) is 5.78 Å². The standard InChI is InChI=1S/C14H23NOS/c1-3-4-12(7-8-15)5-6-14(16)13-9-11(2)17-10-13/h9-10,12H,3-8,15H2,1-2H3. The molecule has 1 unspecified atom stereocenters. The molecule has 3 heteroatoms. The summed E-state index contributed by atoms with van der Waals surface area (Å²) in [5.41, 5.74) is 6.48. The van der Waals surface area contributed by atoms with E-state index in [1.165, 1.54) is 17.7 Å². The van der Waals surface area contributed by atoms with Crippen LogP contribution in [0, 0.1) is 12.8 Å². The average molecular weight is 253 g/mol. The Morgan fingerprint density at radius 3 is 2.71 bits per heavy atom. The number of carbonyl (C=O) groups is 1. The number of thiophene rings is 1. The molecular weight excluding hydrogens is 230 g/mol. The summed E-state index contributed by atoms with van der Waals surface area (Å²) in [6.07, 6.45) is 5.06. The van der Waals surface area contributed by atoms with Crippen LogP contribution in [0.1, 0.15) is 54.3 Å². The zero-order valence-corrected chi connectivity index (χ0v) is 11.7. The Bertz CT molecular complexity index is 340. The van der Waals surface area contributed by atoms with Gasteiger partial charge in [-0.3, -0.25) is 4.79 Å². The number of hydrogen-bond acceptors (Lipinski definition) is 3. The van der Waals surface area contributed by atoms with Crippen LogP contribution in [-0.2, 0) is 0 Å². The second-order valence-electron chi connectivity index (χ2n) is 4.64. The zero-order chi connectivity index (χ0) is 12.7. The first-order valence-corrected chi connectivity index (χ1v) is 7.33. The summed E-state index contributed by atoms with van der Waals surface area (Å²) in [5, 5.41) is 1.97. The van der Waals surface area contributed by atoms with Crippen LogP contribution >= 0.6 is 11.3 Å². The van der Waals surface area contributed by atoms with Crippen molar-refractivity contribution in [1.82, 2.24) is 0 Å². The first-order valence-electron chi connectivity index (χ1n) is 6.45. The average Bonchev–Trinajstić information content (AvgIpc) is 2.73. The number of rotatable bonds is 8. The predicted octanol–water partition coefficient (Wildman–Crippen LogP) is 3.78. The molecule has 0 amide bonds. The maximum atomic E-state index is 11.9. The molecule has 0 saturated heterocycles. The van der Waals surface area contributed by atoms with Crippen molar-refractivity contribution in [2.75, 3.05) is 6.54 Å². The zero-order valence-electron chi connectivity index (χ0n) is 10.9. The maximum Gasteiger partial charge on any atom is 0.163 e. The minimum atomic E-state index is 0.285. The second-order valence-corrected chi connectivity index (χ2v) is 5.76. The highest BCUT2D eigenvalue weighted by molar-refractivity contribution is 7.10. The third-order valence-corrected chi connectivity index (χ3v) is 3.97. The van der Waals surface area contributed by atoms with Gasteiger partial charge in [-0.25, -0.2) is 0 Å². The van der Waals surface area contributed by atoms with E-state index < -0.39 is 0 Å².